The average Bonchev–Trinajstić information content (AvgIpc) is 1.65. The fourth-order valence-electron chi connectivity index (χ4n) is 0.273. The SMILES string of the molecule is CC(O)CC(=O)OCl. The lowest BCUT2D eigenvalue weighted by Crippen LogP contribution is -2.08. The Kier molecular flexibility index (Phi) is 3.56. The molecule has 0 amide bonds. The van der Waals surface area contributed by atoms with E-state index in [-0.39, 0.29) is 6.42 Å². The Balaban J connectivity index is 3.25. The first-order valence-corrected chi connectivity index (χ1v) is 2.47. The summed E-state index contributed by atoms with van der Waals surface area (Å²) in [7, 11) is 0. The Labute approximate surface area is 52.4 Å². The van der Waals surface area contributed by atoms with E-state index in [2.05, 4.69) is 16.2 Å². The van der Waals surface area contributed by atoms with E-state index in [1.807, 2.05) is 0 Å². The number of carbonyl (C=O) groups excluding carboxylic acids is 1. The zero-order valence-corrected chi connectivity index (χ0v) is 5.18. The van der Waals surface area contributed by atoms with Crippen LogP contribution in [0.1, 0.15) is 13.3 Å². The molecule has 0 aromatic carbocycles. The van der Waals surface area contributed by atoms with Crippen LogP contribution in [-0.4, -0.2) is 17.2 Å². The van der Waals surface area contributed by atoms with E-state index in [0.29, 0.717) is 0 Å². The van der Waals surface area contributed by atoms with Crippen molar-refractivity contribution in [3.63, 3.8) is 0 Å². The maximum atomic E-state index is 10.1. The number of rotatable bonds is 2. The molecular formula is C4H7ClO3. The molecular weight excluding hydrogens is 131 g/mol. The number of hydrogen-bond acceptors (Lipinski definition) is 3. The van der Waals surface area contributed by atoms with Gasteiger partial charge in [-0.3, -0.25) is 4.79 Å². The average molecular weight is 139 g/mol. The largest absolute Gasteiger partial charge is 0.393 e. The monoisotopic (exact) mass is 138 g/mol. The van der Waals surface area contributed by atoms with Crippen LogP contribution >= 0.6 is 11.9 Å². The minimum atomic E-state index is -0.679. The second-order valence-corrected chi connectivity index (χ2v) is 1.66. The van der Waals surface area contributed by atoms with E-state index in [4.69, 9.17) is 5.11 Å². The lowest BCUT2D eigenvalue weighted by molar-refractivity contribution is -0.135. The van der Waals surface area contributed by atoms with Crippen molar-refractivity contribution in [3.8, 4) is 0 Å². The summed E-state index contributed by atoms with van der Waals surface area (Å²) < 4.78 is 3.73. The van der Waals surface area contributed by atoms with Gasteiger partial charge in [-0.05, 0) is 6.92 Å². The van der Waals surface area contributed by atoms with E-state index in [1.165, 1.54) is 6.92 Å². The van der Waals surface area contributed by atoms with Crippen LogP contribution < -0.4 is 0 Å². The molecule has 0 aliphatic carbocycles. The molecule has 0 aliphatic rings. The predicted molar refractivity (Wildman–Crippen MR) is 28.2 cm³/mol. The molecule has 1 unspecified atom stereocenters. The number of halogens is 1. The van der Waals surface area contributed by atoms with E-state index >= 15 is 0 Å². The van der Waals surface area contributed by atoms with Gasteiger partial charge >= 0.3 is 5.97 Å². The highest BCUT2D eigenvalue weighted by molar-refractivity contribution is 6.13. The van der Waals surface area contributed by atoms with E-state index in [1.54, 1.807) is 0 Å². The van der Waals surface area contributed by atoms with Crippen molar-refractivity contribution in [1.82, 2.24) is 0 Å². The molecule has 48 valence electrons. The highest BCUT2D eigenvalue weighted by Gasteiger charge is 2.04. The Morgan fingerprint density at radius 1 is 2.00 bits per heavy atom. The van der Waals surface area contributed by atoms with Gasteiger partial charge in [0.2, 0.25) is 0 Å². The summed E-state index contributed by atoms with van der Waals surface area (Å²) in [6.45, 7) is 1.48. The molecule has 1 N–H and O–H groups in total. The summed E-state index contributed by atoms with van der Waals surface area (Å²) in [5, 5.41) is 8.49. The second kappa shape index (κ2) is 3.69. The maximum Gasteiger partial charge on any atom is 0.327 e. The molecule has 0 aromatic rings. The summed E-state index contributed by atoms with van der Waals surface area (Å²) in [5.74, 6) is -0.610. The van der Waals surface area contributed by atoms with Crippen LogP contribution in [0.3, 0.4) is 0 Å². The minimum absolute atomic E-state index is 0.0521. The molecule has 3 nitrogen and oxygen atoms in total. The van der Waals surface area contributed by atoms with Crippen molar-refractivity contribution >= 4 is 17.8 Å². The van der Waals surface area contributed by atoms with Crippen LogP contribution in [0.25, 0.3) is 0 Å². The van der Waals surface area contributed by atoms with Gasteiger partial charge in [-0.2, -0.15) is 0 Å². The molecule has 4 heteroatoms. The van der Waals surface area contributed by atoms with Gasteiger partial charge in [-0.25, -0.2) is 0 Å². The first kappa shape index (κ1) is 7.72. The van der Waals surface area contributed by atoms with Gasteiger partial charge in [0, 0.05) is 0 Å². The molecule has 0 saturated carbocycles. The van der Waals surface area contributed by atoms with Crippen LogP contribution in [0, 0.1) is 0 Å². The molecule has 0 heterocycles. The lowest BCUT2D eigenvalue weighted by Gasteiger charge is -1.96. The summed E-state index contributed by atoms with van der Waals surface area (Å²) in [5.41, 5.74) is 0. The smallest absolute Gasteiger partial charge is 0.327 e. The highest BCUT2D eigenvalue weighted by atomic mass is 35.5. The summed E-state index contributed by atoms with van der Waals surface area (Å²) >= 11 is 4.64. The molecule has 0 spiro atoms. The first-order valence-electron chi connectivity index (χ1n) is 2.16. The van der Waals surface area contributed by atoms with Gasteiger partial charge in [-0.15, -0.1) is 0 Å². The maximum absolute atomic E-state index is 10.1. The zero-order valence-electron chi connectivity index (χ0n) is 4.43. The first-order chi connectivity index (χ1) is 3.66. The molecule has 0 radical (unpaired) electrons. The third kappa shape index (κ3) is 3.89. The molecule has 8 heavy (non-hydrogen) atoms. The van der Waals surface area contributed by atoms with Crippen molar-refractivity contribution in [2.24, 2.45) is 0 Å². The van der Waals surface area contributed by atoms with Crippen LogP contribution in [-0.2, 0) is 9.08 Å². The van der Waals surface area contributed by atoms with Gasteiger partial charge in [0.05, 0.1) is 12.5 Å². The van der Waals surface area contributed by atoms with Crippen molar-refractivity contribution in [3.05, 3.63) is 0 Å². The van der Waals surface area contributed by atoms with E-state index in [9.17, 15) is 4.79 Å². The third-order valence-corrected chi connectivity index (χ3v) is 0.720. The fourth-order valence-corrected chi connectivity index (χ4v) is 0.336. The quantitative estimate of drug-likeness (QED) is 0.603. The Morgan fingerprint density at radius 2 is 2.50 bits per heavy atom. The van der Waals surface area contributed by atoms with E-state index in [0.717, 1.165) is 0 Å². The summed E-state index contributed by atoms with van der Waals surface area (Å²) in [6, 6.07) is 0. The third-order valence-electron chi connectivity index (χ3n) is 0.548. The van der Waals surface area contributed by atoms with Crippen molar-refractivity contribution in [1.29, 1.82) is 0 Å². The fraction of sp³-hybridized carbons (Fsp3) is 0.750. The molecule has 0 saturated heterocycles. The lowest BCUT2D eigenvalue weighted by atomic mass is 10.3. The van der Waals surface area contributed by atoms with Crippen LogP contribution in [0.2, 0.25) is 0 Å². The standard InChI is InChI=1S/C4H7ClO3/c1-3(6)2-4(7)8-5/h3,6H,2H2,1H3. The number of aliphatic hydroxyl groups is 1. The summed E-state index contributed by atoms with van der Waals surface area (Å²) in [6.07, 6.45) is -0.731. The van der Waals surface area contributed by atoms with Crippen molar-refractivity contribution in [2.45, 2.75) is 19.4 Å². The topological polar surface area (TPSA) is 46.5 Å². The predicted octanol–water partition coefficient (Wildman–Crippen LogP) is 0.454. The molecule has 0 fully saturated rings. The van der Waals surface area contributed by atoms with Gasteiger partial charge in [-0.1, -0.05) is 0 Å². The van der Waals surface area contributed by atoms with Crippen LogP contribution in [0.15, 0.2) is 0 Å². The molecule has 1 atom stereocenters. The number of hydrogen-bond donors (Lipinski definition) is 1. The molecule has 0 aliphatic heterocycles. The van der Waals surface area contributed by atoms with Gasteiger partial charge in [0.1, 0.15) is 11.9 Å². The van der Waals surface area contributed by atoms with Gasteiger partial charge in [0.15, 0.2) is 0 Å². The summed E-state index contributed by atoms with van der Waals surface area (Å²) in [4.78, 5) is 10.1. The van der Waals surface area contributed by atoms with Crippen LogP contribution in [0.4, 0.5) is 0 Å². The minimum Gasteiger partial charge on any atom is -0.393 e. The Bertz CT molecular complexity index is 81.4. The Morgan fingerprint density at radius 3 is 2.62 bits per heavy atom. The van der Waals surface area contributed by atoms with Crippen molar-refractivity contribution in [2.75, 3.05) is 0 Å². The van der Waals surface area contributed by atoms with Gasteiger partial charge in [0.25, 0.3) is 0 Å². The molecule has 0 bridgehead atoms. The van der Waals surface area contributed by atoms with Gasteiger partial charge < -0.3 is 9.40 Å². The van der Waals surface area contributed by atoms with Crippen LogP contribution in [0.5, 0.6) is 0 Å². The number of aliphatic hydroxyl groups excluding tert-OH is 1. The molecule has 0 rings (SSSR count). The van der Waals surface area contributed by atoms with E-state index < -0.39 is 12.1 Å². The normalized spacial score (nSPS) is 12.9. The highest BCUT2D eigenvalue weighted by Crippen LogP contribution is 1.93. The van der Waals surface area contributed by atoms with Crippen molar-refractivity contribution < 1.29 is 14.2 Å². The zero-order chi connectivity index (χ0) is 6.57. The Hall–Kier alpha value is -0.280. The number of carbonyl (C=O) groups is 1. The molecule has 0 aromatic heterocycles. The second-order valence-electron chi connectivity index (χ2n) is 1.50.